The zero-order valence-electron chi connectivity index (χ0n) is 10.5. The first-order valence-electron chi connectivity index (χ1n) is 5.94. The summed E-state index contributed by atoms with van der Waals surface area (Å²) in [5.41, 5.74) is 0.682. The van der Waals surface area contributed by atoms with Crippen molar-refractivity contribution in [1.29, 1.82) is 0 Å². The third-order valence-corrected chi connectivity index (χ3v) is 2.84. The number of rotatable bonds is 6. The van der Waals surface area contributed by atoms with E-state index >= 15 is 0 Å². The molecule has 0 saturated carbocycles. The van der Waals surface area contributed by atoms with E-state index in [0.717, 1.165) is 5.76 Å². The van der Waals surface area contributed by atoms with Crippen LogP contribution in [-0.4, -0.2) is 13.7 Å². The SMILES string of the molecule is CNC(Cc1ccco1)c1ccccc1OC(F)F. The van der Waals surface area contributed by atoms with E-state index in [9.17, 15) is 8.78 Å². The standard InChI is InChI=1S/C14H15F2NO2/c1-17-12(9-10-5-4-8-18-10)11-6-2-3-7-13(11)19-14(15)16/h2-8,12,14,17H,9H2,1H3. The molecule has 2 rings (SSSR count). The summed E-state index contributed by atoms with van der Waals surface area (Å²) in [6.07, 6.45) is 2.15. The van der Waals surface area contributed by atoms with Crippen LogP contribution in [-0.2, 0) is 6.42 Å². The van der Waals surface area contributed by atoms with Crippen molar-refractivity contribution in [3.8, 4) is 5.75 Å². The van der Waals surface area contributed by atoms with Crippen LogP contribution >= 0.6 is 0 Å². The summed E-state index contributed by atoms with van der Waals surface area (Å²) >= 11 is 0. The van der Waals surface area contributed by atoms with E-state index < -0.39 is 6.61 Å². The van der Waals surface area contributed by atoms with Crippen LogP contribution in [0.3, 0.4) is 0 Å². The fraction of sp³-hybridized carbons (Fsp3) is 0.286. The van der Waals surface area contributed by atoms with Gasteiger partial charge in [-0.2, -0.15) is 8.78 Å². The number of likely N-dealkylation sites (N-methyl/N-ethyl adjacent to an activating group) is 1. The molecule has 1 unspecified atom stereocenters. The summed E-state index contributed by atoms with van der Waals surface area (Å²) in [4.78, 5) is 0. The minimum absolute atomic E-state index is 0.152. The molecule has 0 aliphatic rings. The molecule has 1 aromatic carbocycles. The van der Waals surface area contributed by atoms with Crippen LogP contribution in [0.4, 0.5) is 8.78 Å². The summed E-state index contributed by atoms with van der Waals surface area (Å²) in [5, 5.41) is 3.09. The first-order valence-corrected chi connectivity index (χ1v) is 5.94. The molecule has 0 spiro atoms. The number of para-hydroxylation sites is 1. The van der Waals surface area contributed by atoms with Crippen molar-refractivity contribution in [2.24, 2.45) is 0 Å². The number of hydrogen-bond acceptors (Lipinski definition) is 3. The maximum atomic E-state index is 12.4. The number of alkyl halides is 2. The summed E-state index contributed by atoms with van der Waals surface area (Å²) in [5.74, 6) is 0.967. The minimum atomic E-state index is -2.83. The maximum Gasteiger partial charge on any atom is 0.387 e. The lowest BCUT2D eigenvalue weighted by atomic mass is 10.0. The second-order valence-electron chi connectivity index (χ2n) is 4.04. The monoisotopic (exact) mass is 267 g/mol. The van der Waals surface area contributed by atoms with Crippen molar-refractivity contribution < 1.29 is 17.9 Å². The lowest BCUT2D eigenvalue weighted by Crippen LogP contribution is -2.20. The third kappa shape index (κ3) is 3.54. The van der Waals surface area contributed by atoms with E-state index in [-0.39, 0.29) is 11.8 Å². The molecular weight excluding hydrogens is 252 g/mol. The van der Waals surface area contributed by atoms with Gasteiger partial charge in [0, 0.05) is 18.0 Å². The van der Waals surface area contributed by atoms with Crippen molar-refractivity contribution in [2.45, 2.75) is 19.1 Å². The summed E-state index contributed by atoms with van der Waals surface area (Å²) < 4.78 is 34.6. The Morgan fingerprint density at radius 3 is 2.63 bits per heavy atom. The second-order valence-corrected chi connectivity index (χ2v) is 4.04. The Bertz CT molecular complexity index is 500. The molecule has 1 heterocycles. The number of nitrogens with one attached hydrogen (secondary N) is 1. The largest absolute Gasteiger partial charge is 0.469 e. The molecule has 1 N–H and O–H groups in total. The first kappa shape index (κ1) is 13.5. The van der Waals surface area contributed by atoms with Gasteiger partial charge >= 0.3 is 6.61 Å². The van der Waals surface area contributed by atoms with Gasteiger partial charge in [0.2, 0.25) is 0 Å². The van der Waals surface area contributed by atoms with Gasteiger partial charge in [-0.1, -0.05) is 18.2 Å². The Kier molecular flexibility index (Phi) is 4.52. The van der Waals surface area contributed by atoms with Crippen LogP contribution in [0.15, 0.2) is 47.1 Å². The van der Waals surface area contributed by atoms with Gasteiger partial charge in [0.05, 0.1) is 6.26 Å². The Balaban J connectivity index is 2.22. The topological polar surface area (TPSA) is 34.4 Å². The van der Waals surface area contributed by atoms with Gasteiger partial charge < -0.3 is 14.5 Å². The fourth-order valence-electron chi connectivity index (χ4n) is 1.97. The van der Waals surface area contributed by atoms with Gasteiger partial charge in [-0.3, -0.25) is 0 Å². The average molecular weight is 267 g/mol. The highest BCUT2D eigenvalue weighted by Crippen LogP contribution is 2.28. The van der Waals surface area contributed by atoms with Gasteiger partial charge in [-0.05, 0) is 25.2 Å². The molecule has 1 aromatic heterocycles. The van der Waals surface area contributed by atoms with E-state index in [1.165, 1.54) is 6.07 Å². The van der Waals surface area contributed by atoms with Crippen LogP contribution in [0, 0.1) is 0 Å². The van der Waals surface area contributed by atoms with Crippen LogP contribution < -0.4 is 10.1 Å². The molecule has 3 nitrogen and oxygen atoms in total. The van der Waals surface area contributed by atoms with E-state index in [2.05, 4.69) is 10.1 Å². The van der Waals surface area contributed by atoms with Gasteiger partial charge in [0.1, 0.15) is 11.5 Å². The van der Waals surface area contributed by atoms with E-state index in [1.54, 1.807) is 37.6 Å². The Hall–Kier alpha value is -1.88. The molecule has 0 radical (unpaired) electrons. The number of benzene rings is 1. The average Bonchev–Trinajstić information content (AvgIpc) is 2.89. The Morgan fingerprint density at radius 1 is 1.21 bits per heavy atom. The van der Waals surface area contributed by atoms with E-state index in [1.807, 2.05) is 6.07 Å². The molecule has 19 heavy (non-hydrogen) atoms. The van der Waals surface area contributed by atoms with Crippen LogP contribution in [0.5, 0.6) is 5.75 Å². The van der Waals surface area contributed by atoms with Crippen LogP contribution in [0.25, 0.3) is 0 Å². The Labute approximate surface area is 110 Å². The summed E-state index contributed by atoms with van der Waals surface area (Å²) in [6.45, 7) is -2.83. The molecule has 0 aliphatic carbocycles. The highest BCUT2D eigenvalue weighted by atomic mass is 19.3. The lowest BCUT2D eigenvalue weighted by Gasteiger charge is -2.19. The molecule has 1 atom stereocenters. The van der Waals surface area contributed by atoms with Gasteiger partial charge in [0.25, 0.3) is 0 Å². The van der Waals surface area contributed by atoms with Crippen molar-refractivity contribution in [3.05, 3.63) is 54.0 Å². The summed E-state index contributed by atoms with van der Waals surface area (Å²) in [7, 11) is 1.77. The quantitative estimate of drug-likeness (QED) is 0.871. The van der Waals surface area contributed by atoms with Crippen molar-refractivity contribution >= 4 is 0 Å². The molecule has 102 valence electrons. The minimum Gasteiger partial charge on any atom is -0.469 e. The predicted molar refractivity (Wildman–Crippen MR) is 67.3 cm³/mol. The highest BCUT2D eigenvalue weighted by molar-refractivity contribution is 5.36. The Morgan fingerprint density at radius 2 is 2.00 bits per heavy atom. The molecule has 5 heteroatoms. The molecule has 0 fully saturated rings. The van der Waals surface area contributed by atoms with Crippen LogP contribution in [0.2, 0.25) is 0 Å². The van der Waals surface area contributed by atoms with Gasteiger partial charge in [0.15, 0.2) is 0 Å². The summed E-state index contributed by atoms with van der Waals surface area (Å²) in [6, 6.07) is 10.3. The molecule has 0 amide bonds. The predicted octanol–water partition coefficient (Wildman–Crippen LogP) is 3.38. The molecule has 0 bridgehead atoms. The maximum absolute atomic E-state index is 12.4. The lowest BCUT2D eigenvalue weighted by molar-refractivity contribution is -0.0507. The van der Waals surface area contributed by atoms with Gasteiger partial charge in [-0.25, -0.2) is 0 Å². The fourth-order valence-corrected chi connectivity index (χ4v) is 1.97. The zero-order valence-corrected chi connectivity index (χ0v) is 10.5. The highest BCUT2D eigenvalue weighted by Gasteiger charge is 2.18. The van der Waals surface area contributed by atoms with Crippen LogP contribution in [0.1, 0.15) is 17.4 Å². The number of ether oxygens (including phenoxy) is 1. The molecule has 0 saturated heterocycles. The van der Waals surface area contributed by atoms with Crippen molar-refractivity contribution in [1.82, 2.24) is 5.32 Å². The number of hydrogen-bond donors (Lipinski definition) is 1. The first-order chi connectivity index (χ1) is 9.20. The normalized spacial score (nSPS) is 12.6. The number of furan rings is 1. The van der Waals surface area contributed by atoms with Crippen molar-refractivity contribution in [2.75, 3.05) is 7.05 Å². The second kappa shape index (κ2) is 6.33. The molecule has 2 aromatic rings. The van der Waals surface area contributed by atoms with Gasteiger partial charge in [-0.15, -0.1) is 0 Å². The van der Waals surface area contributed by atoms with E-state index in [0.29, 0.717) is 12.0 Å². The van der Waals surface area contributed by atoms with E-state index in [4.69, 9.17) is 4.42 Å². The van der Waals surface area contributed by atoms with Crippen molar-refractivity contribution in [3.63, 3.8) is 0 Å². The third-order valence-electron chi connectivity index (χ3n) is 2.84. The molecular formula is C14H15F2NO2. The zero-order chi connectivity index (χ0) is 13.7. The smallest absolute Gasteiger partial charge is 0.387 e. The number of halogens is 2. The molecule has 0 aliphatic heterocycles.